The van der Waals surface area contributed by atoms with Crippen LogP contribution in [-0.2, 0) is 4.79 Å². The second-order valence-corrected chi connectivity index (χ2v) is 6.77. The van der Waals surface area contributed by atoms with Crippen molar-refractivity contribution >= 4 is 27.7 Å². The molecule has 1 N–H and O–H groups in total. The van der Waals surface area contributed by atoms with Crippen molar-refractivity contribution in [1.82, 2.24) is 10.2 Å². The van der Waals surface area contributed by atoms with Crippen molar-refractivity contribution in [1.29, 1.82) is 0 Å². The van der Waals surface area contributed by atoms with Crippen LogP contribution < -0.4 is 5.32 Å². The van der Waals surface area contributed by atoms with E-state index in [9.17, 15) is 14.0 Å². The number of nitrogens with zero attached hydrogens (tertiary/aromatic N) is 1. The molecule has 1 saturated heterocycles. The first-order valence-electron chi connectivity index (χ1n) is 7.43. The van der Waals surface area contributed by atoms with Gasteiger partial charge < -0.3 is 10.2 Å². The first kappa shape index (κ1) is 16.9. The molecule has 1 heterocycles. The summed E-state index contributed by atoms with van der Waals surface area (Å²) < 4.78 is 14.4. The van der Waals surface area contributed by atoms with Crippen molar-refractivity contribution < 1.29 is 14.0 Å². The van der Waals surface area contributed by atoms with Crippen molar-refractivity contribution in [3.63, 3.8) is 0 Å². The quantitative estimate of drug-likeness (QED) is 0.888. The first-order valence-corrected chi connectivity index (χ1v) is 8.22. The standard InChI is InChI=1S/C16H20BrFN2O2/c1-10(2)16(22)20-7-5-12(6-8-20)19-15(21)13-9-11(17)3-4-14(13)18/h3-4,9-10,12H,5-8H2,1-2H3,(H,19,21). The number of carbonyl (C=O) groups is 2. The van der Waals surface area contributed by atoms with Crippen LogP contribution in [0.15, 0.2) is 22.7 Å². The number of likely N-dealkylation sites (tertiary alicyclic amines) is 1. The van der Waals surface area contributed by atoms with Gasteiger partial charge in [0, 0.05) is 29.5 Å². The maximum absolute atomic E-state index is 13.7. The van der Waals surface area contributed by atoms with Crippen molar-refractivity contribution in [3.05, 3.63) is 34.1 Å². The fraction of sp³-hybridized carbons (Fsp3) is 0.500. The Morgan fingerprint density at radius 3 is 2.55 bits per heavy atom. The minimum atomic E-state index is -0.534. The van der Waals surface area contributed by atoms with Gasteiger partial charge in [-0.15, -0.1) is 0 Å². The number of nitrogens with one attached hydrogen (secondary N) is 1. The van der Waals surface area contributed by atoms with Gasteiger partial charge in [-0.3, -0.25) is 9.59 Å². The number of rotatable bonds is 3. The van der Waals surface area contributed by atoms with Gasteiger partial charge in [-0.2, -0.15) is 0 Å². The monoisotopic (exact) mass is 370 g/mol. The Morgan fingerprint density at radius 1 is 1.32 bits per heavy atom. The Balaban J connectivity index is 1.92. The van der Waals surface area contributed by atoms with Gasteiger partial charge in [-0.1, -0.05) is 29.8 Å². The summed E-state index contributed by atoms with van der Waals surface area (Å²) in [4.78, 5) is 25.9. The maximum atomic E-state index is 13.7. The smallest absolute Gasteiger partial charge is 0.254 e. The molecule has 0 aliphatic carbocycles. The fourth-order valence-electron chi connectivity index (χ4n) is 2.54. The minimum absolute atomic E-state index is 0.0121. The molecule has 2 amide bonds. The molecular formula is C16H20BrFN2O2. The topological polar surface area (TPSA) is 49.4 Å². The predicted molar refractivity (Wildman–Crippen MR) is 86.0 cm³/mol. The molecule has 0 spiro atoms. The zero-order valence-corrected chi connectivity index (χ0v) is 14.3. The molecule has 1 fully saturated rings. The van der Waals surface area contributed by atoms with E-state index < -0.39 is 11.7 Å². The summed E-state index contributed by atoms with van der Waals surface area (Å²) in [5.74, 6) is -0.815. The maximum Gasteiger partial charge on any atom is 0.254 e. The lowest BCUT2D eigenvalue weighted by atomic mass is 10.0. The molecule has 0 radical (unpaired) electrons. The average molecular weight is 371 g/mol. The number of piperidine rings is 1. The molecular weight excluding hydrogens is 351 g/mol. The minimum Gasteiger partial charge on any atom is -0.349 e. The van der Waals surface area contributed by atoms with Crippen molar-refractivity contribution in [2.24, 2.45) is 5.92 Å². The highest BCUT2D eigenvalue weighted by Gasteiger charge is 2.25. The Kier molecular flexibility index (Phi) is 5.56. The lowest BCUT2D eigenvalue weighted by Gasteiger charge is -2.33. The van der Waals surface area contributed by atoms with Gasteiger partial charge in [0.2, 0.25) is 5.91 Å². The second-order valence-electron chi connectivity index (χ2n) is 5.85. The second kappa shape index (κ2) is 7.22. The zero-order valence-electron chi connectivity index (χ0n) is 12.7. The van der Waals surface area contributed by atoms with Crippen LogP contribution in [-0.4, -0.2) is 35.8 Å². The molecule has 6 heteroatoms. The number of carbonyl (C=O) groups excluding carboxylic acids is 2. The number of amides is 2. The van der Waals surface area contributed by atoms with E-state index in [-0.39, 0.29) is 23.4 Å². The van der Waals surface area contributed by atoms with Gasteiger partial charge in [0.15, 0.2) is 0 Å². The van der Waals surface area contributed by atoms with Crippen molar-refractivity contribution in [3.8, 4) is 0 Å². The van der Waals surface area contributed by atoms with Crippen LogP contribution in [0.25, 0.3) is 0 Å². The normalized spacial score (nSPS) is 16.0. The summed E-state index contributed by atoms with van der Waals surface area (Å²) in [7, 11) is 0. The molecule has 2 rings (SSSR count). The summed E-state index contributed by atoms with van der Waals surface area (Å²) in [6.07, 6.45) is 1.39. The summed E-state index contributed by atoms with van der Waals surface area (Å²) >= 11 is 3.24. The van der Waals surface area contributed by atoms with E-state index in [0.29, 0.717) is 30.4 Å². The van der Waals surface area contributed by atoms with E-state index in [0.717, 1.165) is 0 Å². The molecule has 1 aliphatic rings. The lowest BCUT2D eigenvalue weighted by molar-refractivity contribution is -0.135. The van der Waals surface area contributed by atoms with Gasteiger partial charge in [0.05, 0.1) is 5.56 Å². The van der Waals surface area contributed by atoms with E-state index in [1.54, 1.807) is 6.07 Å². The summed E-state index contributed by atoms with van der Waals surface area (Å²) in [5.41, 5.74) is 0.0371. The Hall–Kier alpha value is -1.43. The number of benzene rings is 1. The van der Waals surface area contributed by atoms with Crippen LogP contribution in [0, 0.1) is 11.7 Å². The van der Waals surface area contributed by atoms with Crippen LogP contribution in [0.5, 0.6) is 0 Å². The van der Waals surface area contributed by atoms with Gasteiger partial charge in [-0.25, -0.2) is 4.39 Å². The number of hydrogen-bond donors (Lipinski definition) is 1. The molecule has 1 aromatic rings. The van der Waals surface area contributed by atoms with Gasteiger partial charge in [0.1, 0.15) is 5.82 Å². The molecule has 0 aromatic heterocycles. The van der Waals surface area contributed by atoms with Crippen LogP contribution >= 0.6 is 15.9 Å². The molecule has 1 aromatic carbocycles. The highest BCUT2D eigenvalue weighted by molar-refractivity contribution is 9.10. The summed E-state index contributed by atoms with van der Waals surface area (Å²) in [6, 6.07) is 4.27. The molecule has 22 heavy (non-hydrogen) atoms. The number of halogens is 2. The molecule has 0 unspecified atom stereocenters. The highest BCUT2D eigenvalue weighted by Crippen LogP contribution is 2.17. The van der Waals surface area contributed by atoms with Gasteiger partial charge >= 0.3 is 0 Å². The average Bonchev–Trinajstić information content (AvgIpc) is 2.49. The van der Waals surface area contributed by atoms with E-state index >= 15 is 0 Å². The lowest BCUT2D eigenvalue weighted by Crippen LogP contribution is -2.47. The molecule has 1 aliphatic heterocycles. The molecule has 4 nitrogen and oxygen atoms in total. The number of hydrogen-bond acceptors (Lipinski definition) is 2. The Bertz CT molecular complexity index is 569. The van der Waals surface area contributed by atoms with Crippen LogP contribution in [0.2, 0.25) is 0 Å². The van der Waals surface area contributed by atoms with Crippen LogP contribution in [0.4, 0.5) is 4.39 Å². The highest BCUT2D eigenvalue weighted by atomic mass is 79.9. The third-order valence-electron chi connectivity index (χ3n) is 3.81. The van der Waals surface area contributed by atoms with E-state index in [1.807, 2.05) is 18.7 Å². The third-order valence-corrected chi connectivity index (χ3v) is 4.30. The van der Waals surface area contributed by atoms with E-state index in [4.69, 9.17) is 0 Å². The van der Waals surface area contributed by atoms with Crippen molar-refractivity contribution in [2.45, 2.75) is 32.7 Å². The summed E-state index contributed by atoms with van der Waals surface area (Å²) in [5, 5.41) is 2.85. The van der Waals surface area contributed by atoms with E-state index in [2.05, 4.69) is 21.2 Å². The predicted octanol–water partition coefficient (Wildman–Crippen LogP) is 2.97. The third kappa shape index (κ3) is 4.06. The fourth-order valence-corrected chi connectivity index (χ4v) is 2.91. The SMILES string of the molecule is CC(C)C(=O)N1CCC(NC(=O)c2cc(Br)ccc2F)CC1. The van der Waals surface area contributed by atoms with Crippen LogP contribution in [0.1, 0.15) is 37.0 Å². The molecule has 0 atom stereocenters. The van der Waals surface area contributed by atoms with Gasteiger partial charge in [0.25, 0.3) is 5.91 Å². The largest absolute Gasteiger partial charge is 0.349 e. The first-order chi connectivity index (χ1) is 10.4. The summed E-state index contributed by atoms with van der Waals surface area (Å²) in [6.45, 7) is 5.02. The molecule has 120 valence electrons. The molecule has 0 bridgehead atoms. The van der Waals surface area contributed by atoms with Crippen LogP contribution in [0.3, 0.4) is 0 Å². The van der Waals surface area contributed by atoms with E-state index in [1.165, 1.54) is 12.1 Å². The Labute approximate surface area is 138 Å². The Morgan fingerprint density at radius 2 is 1.95 bits per heavy atom. The van der Waals surface area contributed by atoms with Gasteiger partial charge in [-0.05, 0) is 31.0 Å². The van der Waals surface area contributed by atoms with Crippen molar-refractivity contribution in [2.75, 3.05) is 13.1 Å². The zero-order chi connectivity index (χ0) is 16.3. The molecule has 0 saturated carbocycles.